The van der Waals surface area contributed by atoms with Gasteiger partial charge in [-0.05, 0) is 44.3 Å². The van der Waals surface area contributed by atoms with Crippen LogP contribution >= 0.6 is 0 Å². The summed E-state index contributed by atoms with van der Waals surface area (Å²) in [5.74, 6) is 0. The third-order valence-corrected chi connectivity index (χ3v) is 6.26. The van der Waals surface area contributed by atoms with E-state index in [1.54, 1.807) is 0 Å². The highest BCUT2D eigenvalue weighted by molar-refractivity contribution is 7.87. The van der Waals surface area contributed by atoms with Crippen molar-refractivity contribution in [3.63, 3.8) is 0 Å². The van der Waals surface area contributed by atoms with Crippen LogP contribution in [-0.4, -0.2) is 38.5 Å². The molecule has 1 aromatic rings. The fourth-order valence-corrected chi connectivity index (χ4v) is 4.80. The van der Waals surface area contributed by atoms with Gasteiger partial charge in [-0.3, -0.25) is 4.90 Å². The fraction of sp³-hybridized carbons (Fsp3) is 0.647. The standard InChI is InChI=1S/C17H27N3O2S/c21-23(22,18-14-16-8-2-1-3-9-16)19-15-17(10-4-5-11-17)20-12-6-7-13-20/h1-3,8-9,18-19H,4-7,10-15H2. The molecule has 0 spiro atoms. The first-order valence-electron chi connectivity index (χ1n) is 8.63. The van der Waals surface area contributed by atoms with Gasteiger partial charge in [0, 0.05) is 18.6 Å². The summed E-state index contributed by atoms with van der Waals surface area (Å²) in [7, 11) is -3.46. The number of nitrogens with zero attached hydrogens (tertiary/aromatic N) is 1. The Morgan fingerprint density at radius 2 is 1.61 bits per heavy atom. The Hall–Kier alpha value is -0.950. The van der Waals surface area contributed by atoms with Crippen molar-refractivity contribution in [2.45, 2.75) is 50.6 Å². The molecule has 2 aliphatic rings. The Bertz CT molecular complexity index is 592. The average Bonchev–Trinajstić information content (AvgIpc) is 3.24. The Morgan fingerprint density at radius 1 is 0.957 bits per heavy atom. The van der Waals surface area contributed by atoms with Gasteiger partial charge in [0.25, 0.3) is 10.2 Å². The molecule has 0 radical (unpaired) electrons. The predicted molar refractivity (Wildman–Crippen MR) is 92.2 cm³/mol. The molecule has 23 heavy (non-hydrogen) atoms. The molecule has 1 saturated carbocycles. The highest BCUT2D eigenvalue weighted by Gasteiger charge is 2.41. The molecule has 2 N–H and O–H groups in total. The molecule has 6 heteroatoms. The fourth-order valence-electron chi connectivity index (χ4n) is 3.88. The number of benzene rings is 1. The molecule has 1 heterocycles. The summed E-state index contributed by atoms with van der Waals surface area (Å²) < 4.78 is 30.0. The number of likely N-dealkylation sites (tertiary alicyclic amines) is 1. The largest absolute Gasteiger partial charge is 0.296 e. The van der Waals surface area contributed by atoms with Crippen molar-refractivity contribution < 1.29 is 8.42 Å². The monoisotopic (exact) mass is 337 g/mol. The highest BCUT2D eigenvalue weighted by atomic mass is 32.2. The van der Waals surface area contributed by atoms with Gasteiger partial charge in [0.05, 0.1) is 0 Å². The summed E-state index contributed by atoms with van der Waals surface area (Å²) in [4.78, 5) is 2.51. The maximum absolute atomic E-state index is 12.3. The van der Waals surface area contributed by atoms with E-state index in [2.05, 4.69) is 14.3 Å². The van der Waals surface area contributed by atoms with Crippen LogP contribution in [0.2, 0.25) is 0 Å². The minimum atomic E-state index is -3.46. The van der Waals surface area contributed by atoms with Gasteiger partial charge >= 0.3 is 0 Å². The maximum Gasteiger partial charge on any atom is 0.277 e. The zero-order valence-electron chi connectivity index (χ0n) is 13.6. The molecule has 0 unspecified atom stereocenters. The van der Waals surface area contributed by atoms with Crippen LogP contribution in [0.1, 0.15) is 44.1 Å². The van der Waals surface area contributed by atoms with E-state index in [-0.39, 0.29) is 5.54 Å². The Balaban J connectivity index is 1.56. The summed E-state index contributed by atoms with van der Waals surface area (Å²) in [5, 5.41) is 0. The molecular weight excluding hydrogens is 310 g/mol. The summed E-state index contributed by atoms with van der Waals surface area (Å²) >= 11 is 0. The van der Waals surface area contributed by atoms with Crippen molar-refractivity contribution in [1.29, 1.82) is 0 Å². The van der Waals surface area contributed by atoms with Crippen LogP contribution in [0, 0.1) is 0 Å². The molecule has 2 fully saturated rings. The number of rotatable bonds is 7. The molecular formula is C17H27N3O2S. The zero-order chi connectivity index (χ0) is 16.2. The Labute approximate surface area is 139 Å². The quantitative estimate of drug-likeness (QED) is 0.800. The van der Waals surface area contributed by atoms with Crippen LogP contribution in [-0.2, 0) is 16.8 Å². The molecule has 1 saturated heterocycles. The Morgan fingerprint density at radius 3 is 2.26 bits per heavy atom. The molecule has 1 aromatic carbocycles. The topological polar surface area (TPSA) is 61.4 Å². The summed E-state index contributed by atoms with van der Waals surface area (Å²) in [6.07, 6.45) is 7.09. The van der Waals surface area contributed by atoms with Gasteiger partial charge in [0.15, 0.2) is 0 Å². The minimum Gasteiger partial charge on any atom is -0.296 e. The van der Waals surface area contributed by atoms with E-state index in [1.807, 2.05) is 30.3 Å². The van der Waals surface area contributed by atoms with Crippen LogP contribution in [0.25, 0.3) is 0 Å². The lowest BCUT2D eigenvalue weighted by Crippen LogP contribution is -2.54. The van der Waals surface area contributed by atoms with E-state index < -0.39 is 10.2 Å². The molecule has 5 nitrogen and oxygen atoms in total. The van der Waals surface area contributed by atoms with Crippen LogP contribution in [0.3, 0.4) is 0 Å². The first-order valence-corrected chi connectivity index (χ1v) is 10.1. The minimum absolute atomic E-state index is 0.0397. The lowest BCUT2D eigenvalue weighted by atomic mass is 9.96. The number of hydrogen-bond donors (Lipinski definition) is 2. The third kappa shape index (κ3) is 4.32. The highest BCUT2D eigenvalue weighted by Crippen LogP contribution is 2.37. The molecule has 0 aromatic heterocycles. The van der Waals surface area contributed by atoms with E-state index in [0.717, 1.165) is 31.5 Å². The van der Waals surface area contributed by atoms with Gasteiger partial charge in [0.1, 0.15) is 0 Å². The zero-order valence-corrected chi connectivity index (χ0v) is 14.4. The molecule has 0 amide bonds. The van der Waals surface area contributed by atoms with Crippen LogP contribution < -0.4 is 9.44 Å². The smallest absolute Gasteiger partial charge is 0.277 e. The van der Waals surface area contributed by atoms with E-state index in [9.17, 15) is 8.42 Å². The summed E-state index contributed by atoms with van der Waals surface area (Å²) in [5.41, 5.74) is 1.01. The van der Waals surface area contributed by atoms with E-state index >= 15 is 0 Å². The molecule has 0 bridgehead atoms. The SMILES string of the molecule is O=S(=O)(NCc1ccccc1)NCC1(N2CCCC2)CCCC1. The average molecular weight is 337 g/mol. The van der Waals surface area contributed by atoms with Gasteiger partial charge in [-0.2, -0.15) is 13.1 Å². The second-order valence-electron chi connectivity index (χ2n) is 6.76. The van der Waals surface area contributed by atoms with Crippen molar-refractivity contribution in [2.24, 2.45) is 0 Å². The summed E-state index contributed by atoms with van der Waals surface area (Å²) in [6.45, 7) is 3.07. The van der Waals surface area contributed by atoms with Gasteiger partial charge < -0.3 is 0 Å². The van der Waals surface area contributed by atoms with Crippen molar-refractivity contribution in [2.75, 3.05) is 19.6 Å². The number of hydrogen-bond acceptors (Lipinski definition) is 3. The van der Waals surface area contributed by atoms with Crippen molar-refractivity contribution >= 4 is 10.2 Å². The van der Waals surface area contributed by atoms with E-state index in [4.69, 9.17) is 0 Å². The molecule has 3 rings (SSSR count). The lowest BCUT2D eigenvalue weighted by molar-refractivity contribution is 0.126. The van der Waals surface area contributed by atoms with Crippen LogP contribution in [0.4, 0.5) is 0 Å². The van der Waals surface area contributed by atoms with Gasteiger partial charge in [-0.25, -0.2) is 4.72 Å². The predicted octanol–water partition coefficient (Wildman–Crippen LogP) is 2.02. The molecule has 1 aliphatic heterocycles. The van der Waals surface area contributed by atoms with Crippen LogP contribution in [0.5, 0.6) is 0 Å². The van der Waals surface area contributed by atoms with Gasteiger partial charge in [-0.1, -0.05) is 43.2 Å². The normalized spacial score (nSPS) is 21.7. The van der Waals surface area contributed by atoms with Gasteiger partial charge in [0.2, 0.25) is 0 Å². The second-order valence-corrected chi connectivity index (χ2v) is 8.34. The summed E-state index contributed by atoms with van der Waals surface area (Å²) in [6, 6.07) is 9.60. The van der Waals surface area contributed by atoms with Crippen LogP contribution in [0.15, 0.2) is 30.3 Å². The first kappa shape index (κ1) is 16.9. The third-order valence-electron chi connectivity index (χ3n) is 5.21. The Kier molecular flexibility index (Phi) is 5.36. The number of nitrogens with one attached hydrogen (secondary N) is 2. The molecule has 128 valence electrons. The van der Waals surface area contributed by atoms with Crippen molar-refractivity contribution in [3.05, 3.63) is 35.9 Å². The molecule has 0 atom stereocenters. The van der Waals surface area contributed by atoms with Crippen molar-refractivity contribution in [1.82, 2.24) is 14.3 Å². The van der Waals surface area contributed by atoms with E-state index in [0.29, 0.717) is 13.1 Å². The van der Waals surface area contributed by atoms with Crippen molar-refractivity contribution in [3.8, 4) is 0 Å². The van der Waals surface area contributed by atoms with E-state index in [1.165, 1.54) is 25.7 Å². The second kappa shape index (κ2) is 7.30. The van der Waals surface area contributed by atoms with Gasteiger partial charge in [-0.15, -0.1) is 0 Å². The first-order chi connectivity index (χ1) is 11.1. The lowest BCUT2D eigenvalue weighted by Gasteiger charge is -2.39. The maximum atomic E-state index is 12.3. The molecule has 1 aliphatic carbocycles.